The third-order valence-electron chi connectivity index (χ3n) is 2.54. The summed E-state index contributed by atoms with van der Waals surface area (Å²) in [6.07, 6.45) is 0. The van der Waals surface area contributed by atoms with Crippen molar-refractivity contribution in [3.8, 4) is 0 Å². The molecule has 0 saturated carbocycles. The van der Waals surface area contributed by atoms with E-state index in [9.17, 15) is 0 Å². The molecule has 96 valence electrons. The molecule has 2 rings (SSSR count). The number of nitrogens with zero attached hydrogens (tertiary/aromatic N) is 3. The summed E-state index contributed by atoms with van der Waals surface area (Å²) in [5.41, 5.74) is 0.981. The van der Waals surface area contributed by atoms with E-state index in [-0.39, 0.29) is 0 Å². The monoisotopic (exact) mass is 262 g/mol. The van der Waals surface area contributed by atoms with Gasteiger partial charge in [0.1, 0.15) is 5.82 Å². The fourth-order valence-corrected chi connectivity index (χ4v) is 2.46. The molecule has 1 N–H and O–H groups in total. The minimum atomic E-state index is 0.700. The van der Waals surface area contributed by atoms with Gasteiger partial charge in [0, 0.05) is 30.2 Å². The molecule has 5 heteroatoms. The predicted molar refractivity (Wildman–Crippen MR) is 77.4 cm³/mol. The van der Waals surface area contributed by atoms with Crippen molar-refractivity contribution in [2.45, 2.75) is 20.4 Å². The maximum absolute atomic E-state index is 4.51. The van der Waals surface area contributed by atoms with Crippen molar-refractivity contribution in [1.82, 2.24) is 9.97 Å². The second-order valence-corrected chi connectivity index (χ2v) is 5.19. The highest BCUT2D eigenvalue weighted by Crippen LogP contribution is 2.18. The van der Waals surface area contributed by atoms with Gasteiger partial charge in [-0.15, -0.1) is 11.3 Å². The third kappa shape index (κ3) is 3.20. The predicted octanol–water partition coefficient (Wildman–Crippen LogP) is 2.91. The lowest BCUT2D eigenvalue weighted by atomic mass is 10.4. The molecule has 18 heavy (non-hydrogen) atoms. The lowest BCUT2D eigenvalue weighted by Crippen LogP contribution is -2.18. The Hall–Kier alpha value is -1.62. The van der Waals surface area contributed by atoms with Gasteiger partial charge in [0.25, 0.3) is 0 Å². The third-order valence-corrected chi connectivity index (χ3v) is 3.40. The van der Waals surface area contributed by atoms with Gasteiger partial charge in [0.15, 0.2) is 0 Å². The zero-order chi connectivity index (χ0) is 13.0. The molecule has 2 aromatic heterocycles. The van der Waals surface area contributed by atoms with Crippen LogP contribution in [0, 0.1) is 6.92 Å². The van der Waals surface area contributed by atoms with E-state index in [1.165, 1.54) is 4.88 Å². The first-order valence-corrected chi connectivity index (χ1v) is 6.90. The normalized spacial score (nSPS) is 10.4. The maximum atomic E-state index is 4.51. The Bertz CT molecular complexity index is 496. The van der Waals surface area contributed by atoms with E-state index in [1.54, 1.807) is 11.3 Å². The Labute approximate surface area is 112 Å². The Balaban J connectivity index is 2.16. The number of aryl methyl sites for hydroxylation is 1. The van der Waals surface area contributed by atoms with Crippen LogP contribution in [0.15, 0.2) is 23.6 Å². The molecule has 0 aromatic carbocycles. The molecule has 0 amide bonds. The fourth-order valence-electron chi connectivity index (χ4n) is 1.70. The Kier molecular flexibility index (Phi) is 4.15. The summed E-state index contributed by atoms with van der Waals surface area (Å²) >= 11 is 1.76. The highest BCUT2D eigenvalue weighted by Gasteiger charge is 2.07. The summed E-state index contributed by atoms with van der Waals surface area (Å²) in [6.45, 7) is 5.74. The number of hydrogen-bond donors (Lipinski definition) is 1. The summed E-state index contributed by atoms with van der Waals surface area (Å²) < 4.78 is 0. The molecule has 0 aliphatic carbocycles. The number of thiophene rings is 1. The van der Waals surface area contributed by atoms with Crippen LogP contribution >= 0.6 is 11.3 Å². The lowest BCUT2D eigenvalue weighted by Gasteiger charge is -2.18. The van der Waals surface area contributed by atoms with Gasteiger partial charge < -0.3 is 10.2 Å². The van der Waals surface area contributed by atoms with E-state index in [0.717, 1.165) is 24.6 Å². The van der Waals surface area contributed by atoms with Crippen molar-refractivity contribution in [1.29, 1.82) is 0 Å². The first kappa shape index (κ1) is 12.8. The molecule has 0 radical (unpaired) electrons. The van der Waals surface area contributed by atoms with Crippen LogP contribution in [0.25, 0.3) is 0 Å². The van der Waals surface area contributed by atoms with Gasteiger partial charge in [0.05, 0.1) is 6.54 Å². The summed E-state index contributed by atoms with van der Waals surface area (Å²) in [5, 5.41) is 5.25. The van der Waals surface area contributed by atoms with Gasteiger partial charge in [-0.05, 0) is 25.3 Å². The van der Waals surface area contributed by atoms with E-state index in [4.69, 9.17) is 0 Å². The highest BCUT2D eigenvalue weighted by molar-refractivity contribution is 7.09. The van der Waals surface area contributed by atoms with Crippen LogP contribution in [-0.4, -0.2) is 23.6 Å². The van der Waals surface area contributed by atoms with Crippen molar-refractivity contribution >= 4 is 23.1 Å². The Morgan fingerprint density at radius 3 is 2.89 bits per heavy atom. The SMILES string of the molecule is CCNc1nc(C)cc(N(C)Cc2cccs2)n1. The highest BCUT2D eigenvalue weighted by atomic mass is 32.1. The van der Waals surface area contributed by atoms with E-state index in [0.29, 0.717) is 5.95 Å². The Morgan fingerprint density at radius 2 is 2.22 bits per heavy atom. The topological polar surface area (TPSA) is 41.1 Å². The standard InChI is InChI=1S/C13H18N4S/c1-4-14-13-15-10(2)8-12(16-13)17(3)9-11-6-5-7-18-11/h5-8H,4,9H2,1-3H3,(H,14,15,16). The largest absolute Gasteiger partial charge is 0.354 e. The van der Waals surface area contributed by atoms with Crippen molar-refractivity contribution in [2.75, 3.05) is 23.8 Å². The van der Waals surface area contributed by atoms with Crippen LogP contribution < -0.4 is 10.2 Å². The van der Waals surface area contributed by atoms with E-state index >= 15 is 0 Å². The van der Waals surface area contributed by atoms with Crippen LogP contribution in [0.3, 0.4) is 0 Å². The molecule has 0 atom stereocenters. The summed E-state index contributed by atoms with van der Waals surface area (Å²) in [4.78, 5) is 12.3. The number of rotatable bonds is 5. The molecule has 0 unspecified atom stereocenters. The van der Waals surface area contributed by atoms with Crippen LogP contribution in [-0.2, 0) is 6.54 Å². The van der Waals surface area contributed by atoms with Gasteiger partial charge in [-0.25, -0.2) is 4.98 Å². The van der Waals surface area contributed by atoms with Gasteiger partial charge in [-0.2, -0.15) is 4.98 Å². The number of aromatic nitrogens is 2. The number of nitrogens with one attached hydrogen (secondary N) is 1. The molecule has 0 fully saturated rings. The average Bonchev–Trinajstić information content (AvgIpc) is 2.81. The van der Waals surface area contributed by atoms with E-state index in [1.807, 2.05) is 19.9 Å². The first-order chi connectivity index (χ1) is 8.69. The minimum absolute atomic E-state index is 0.700. The summed E-state index contributed by atoms with van der Waals surface area (Å²) in [5.74, 6) is 1.65. The van der Waals surface area contributed by atoms with Gasteiger partial charge in [0.2, 0.25) is 5.95 Å². The molecule has 4 nitrogen and oxygen atoms in total. The van der Waals surface area contributed by atoms with Crippen molar-refractivity contribution in [3.63, 3.8) is 0 Å². The summed E-state index contributed by atoms with van der Waals surface area (Å²) in [7, 11) is 2.05. The van der Waals surface area contributed by atoms with Gasteiger partial charge in [-0.1, -0.05) is 6.07 Å². The Morgan fingerprint density at radius 1 is 1.39 bits per heavy atom. The molecule has 2 aromatic rings. The molecule has 0 bridgehead atoms. The first-order valence-electron chi connectivity index (χ1n) is 6.02. The van der Waals surface area contributed by atoms with Crippen LogP contribution in [0.4, 0.5) is 11.8 Å². The molecular formula is C13H18N4S. The molecule has 2 heterocycles. The van der Waals surface area contributed by atoms with Gasteiger partial charge >= 0.3 is 0 Å². The molecule has 0 aliphatic heterocycles. The molecular weight excluding hydrogens is 244 g/mol. The van der Waals surface area contributed by atoms with Crippen molar-refractivity contribution in [2.24, 2.45) is 0 Å². The zero-order valence-corrected chi connectivity index (χ0v) is 11.8. The van der Waals surface area contributed by atoms with Crippen molar-refractivity contribution < 1.29 is 0 Å². The molecule has 0 spiro atoms. The minimum Gasteiger partial charge on any atom is -0.354 e. The smallest absolute Gasteiger partial charge is 0.224 e. The quantitative estimate of drug-likeness (QED) is 0.899. The maximum Gasteiger partial charge on any atom is 0.224 e. The molecule has 0 saturated heterocycles. The zero-order valence-electron chi connectivity index (χ0n) is 11.0. The van der Waals surface area contributed by atoms with E-state index in [2.05, 4.69) is 44.7 Å². The van der Waals surface area contributed by atoms with Crippen LogP contribution in [0.2, 0.25) is 0 Å². The molecule has 0 aliphatic rings. The van der Waals surface area contributed by atoms with Crippen molar-refractivity contribution in [3.05, 3.63) is 34.2 Å². The second-order valence-electron chi connectivity index (χ2n) is 4.16. The van der Waals surface area contributed by atoms with Crippen LogP contribution in [0.1, 0.15) is 17.5 Å². The van der Waals surface area contributed by atoms with Gasteiger partial charge in [-0.3, -0.25) is 0 Å². The second kappa shape index (κ2) is 5.82. The average molecular weight is 262 g/mol. The van der Waals surface area contributed by atoms with Crippen LogP contribution in [0.5, 0.6) is 0 Å². The summed E-state index contributed by atoms with van der Waals surface area (Å²) in [6, 6.07) is 6.22. The lowest BCUT2D eigenvalue weighted by molar-refractivity contribution is 0.897. The number of anilines is 2. The fraction of sp³-hybridized carbons (Fsp3) is 0.385. The van der Waals surface area contributed by atoms with E-state index < -0.39 is 0 Å². The number of hydrogen-bond acceptors (Lipinski definition) is 5.